The first-order valence-electron chi connectivity index (χ1n) is 16.6. The fourth-order valence-electron chi connectivity index (χ4n) is 4.92. The van der Waals surface area contributed by atoms with Gasteiger partial charge in [-0.05, 0) is 0 Å². The van der Waals surface area contributed by atoms with Crippen molar-refractivity contribution in [3.05, 3.63) is 12.7 Å². The minimum absolute atomic E-state index is 0.00895. The molecular weight excluding hydrogens is 883 g/mol. The van der Waals surface area contributed by atoms with Crippen LogP contribution in [0.5, 0.6) is 0 Å². The highest BCUT2D eigenvalue weighted by molar-refractivity contribution is 8.13. The second-order valence-electron chi connectivity index (χ2n) is 12.9. The molecule has 14 N–H and O–H groups in total. The molecule has 332 valence electrons. The second-order valence-corrected chi connectivity index (χ2v) is 18.2. The lowest BCUT2D eigenvalue weighted by atomic mass is 9.87. The van der Waals surface area contributed by atoms with Gasteiger partial charge in [0.05, 0.1) is 26.0 Å². The van der Waals surface area contributed by atoms with Crippen molar-refractivity contribution >= 4 is 81.1 Å². The molecule has 1 fully saturated rings. The van der Waals surface area contributed by atoms with E-state index in [1.54, 1.807) is 0 Å². The van der Waals surface area contributed by atoms with Crippen LogP contribution in [0.1, 0.15) is 32.9 Å². The third kappa shape index (κ3) is 15.4. The number of primary amides is 1. The topological polar surface area (TPSA) is 456 Å². The van der Waals surface area contributed by atoms with E-state index in [2.05, 4.69) is 34.4 Å². The van der Waals surface area contributed by atoms with Gasteiger partial charge in [-0.25, -0.2) is 33.4 Å². The lowest BCUT2D eigenvalue weighted by molar-refractivity contribution is -0.138. The van der Waals surface area contributed by atoms with E-state index >= 15 is 0 Å². The summed E-state index contributed by atoms with van der Waals surface area (Å²) in [6.07, 6.45) is -8.00. The third-order valence-electron chi connectivity index (χ3n) is 7.73. The van der Waals surface area contributed by atoms with Gasteiger partial charge in [0.25, 0.3) is 0 Å². The molecule has 33 heteroatoms. The van der Waals surface area contributed by atoms with Crippen LogP contribution in [0, 0.1) is 5.41 Å². The number of aromatic nitrogens is 4. The minimum atomic E-state index is -5.61. The first-order valence-corrected chi connectivity index (χ1v) is 22.1. The number of hydrogen-bond donors (Lipinski definition) is 12. The van der Waals surface area contributed by atoms with Crippen LogP contribution in [0.2, 0.25) is 0 Å². The molecule has 0 spiro atoms. The largest absolute Gasteiger partial charge is 0.481 e. The molecule has 8 unspecified atom stereocenters. The number of aliphatic carboxylic acids is 1. The number of phosphoric acid groups is 3. The van der Waals surface area contributed by atoms with Crippen LogP contribution in [0.25, 0.3) is 11.2 Å². The Morgan fingerprint density at radius 3 is 2.32 bits per heavy atom. The van der Waals surface area contributed by atoms with Crippen LogP contribution < -0.4 is 27.4 Å². The predicted octanol–water partition coefficient (Wildman–Crippen LogP) is -2.82. The molecule has 0 aliphatic carbocycles. The van der Waals surface area contributed by atoms with Gasteiger partial charge in [-0.2, -0.15) is 4.31 Å². The van der Waals surface area contributed by atoms with Crippen LogP contribution in [0.3, 0.4) is 0 Å². The normalized spacial score (nSPS) is 21.5. The number of nitrogens with one attached hydrogen (secondary N) is 3. The molecule has 0 saturated carbocycles. The highest BCUT2D eigenvalue weighted by atomic mass is 32.2. The lowest BCUT2D eigenvalue weighted by Gasteiger charge is -2.30. The number of carbonyl (C=O) groups is 5. The van der Waals surface area contributed by atoms with E-state index in [9.17, 15) is 67.5 Å². The van der Waals surface area contributed by atoms with E-state index in [1.165, 1.54) is 13.8 Å². The van der Waals surface area contributed by atoms with E-state index in [-0.39, 0.29) is 42.2 Å². The SMILES string of the molecule is CC(C)(COP(=O)(O)OP(=O)(O)OCC1OC(n2cnc3c(N)ncnc32)C(O)C1OP(=O)(O)O)C(O)C(=O)NCCC(=O)NCCSC(=O)C(CC(=O)O)NC(N)=O. The molecule has 0 radical (unpaired) electrons. The number of anilines is 1. The number of thioether (sulfide) groups is 1. The van der Waals surface area contributed by atoms with Crippen LogP contribution in [-0.2, 0) is 55.5 Å². The van der Waals surface area contributed by atoms with Crippen molar-refractivity contribution in [1.82, 2.24) is 35.5 Å². The molecule has 1 aliphatic heterocycles. The summed E-state index contributed by atoms with van der Waals surface area (Å²) in [6, 6.07) is -2.49. The predicted molar refractivity (Wildman–Crippen MR) is 196 cm³/mol. The molecule has 0 aromatic carbocycles. The van der Waals surface area contributed by atoms with Crippen molar-refractivity contribution in [1.29, 1.82) is 0 Å². The van der Waals surface area contributed by atoms with Gasteiger partial charge in [-0.1, -0.05) is 25.6 Å². The average molecular weight is 926 g/mol. The third-order valence-corrected chi connectivity index (χ3v) is 11.8. The number of aliphatic hydroxyl groups is 2. The molecule has 2 aromatic rings. The Labute approximate surface area is 336 Å². The molecule has 4 amide bonds. The summed E-state index contributed by atoms with van der Waals surface area (Å²) in [7, 11) is -16.5. The van der Waals surface area contributed by atoms with Crippen molar-refractivity contribution < 1.29 is 95.2 Å². The van der Waals surface area contributed by atoms with Crippen molar-refractivity contribution in [3.63, 3.8) is 0 Å². The maximum absolute atomic E-state index is 12.7. The zero-order valence-corrected chi connectivity index (χ0v) is 34.2. The Kier molecular flexibility index (Phi) is 17.4. The fraction of sp³-hybridized carbons (Fsp3) is 0.615. The summed E-state index contributed by atoms with van der Waals surface area (Å²) in [5.74, 6) is -3.10. The fourth-order valence-corrected chi connectivity index (χ4v) is 8.50. The van der Waals surface area contributed by atoms with Crippen molar-refractivity contribution in [2.75, 3.05) is 37.8 Å². The Balaban J connectivity index is 1.47. The van der Waals surface area contributed by atoms with E-state index in [1.807, 2.05) is 5.32 Å². The van der Waals surface area contributed by atoms with Crippen LogP contribution >= 0.6 is 35.2 Å². The number of carbonyl (C=O) groups excluding carboxylic acids is 4. The molecule has 3 rings (SSSR count). The van der Waals surface area contributed by atoms with Gasteiger partial charge in [-0.15, -0.1) is 0 Å². The van der Waals surface area contributed by atoms with Gasteiger partial charge in [0.15, 0.2) is 17.7 Å². The summed E-state index contributed by atoms with van der Waals surface area (Å²) in [6.45, 7) is -0.0993. The number of phosphoric ester groups is 3. The Hall–Kier alpha value is -3.70. The number of nitrogens with two attached hydrogens (primary N) is 2. The Morgan fingerprint density at radius 2 is 1.69 bits per heavy atom. The highest BCUT2D eigenvalue weighted by Gasteiger charge is 2.50. The molecule has 8 atom stereocenters. The summed E-state index contributed by atoms with van der Waals surface area (Å²) in [5, 5.41) is 36.3. The van der Waals surface area contributed by atoms with Crippen molar-refractivity contribution in [2.45, 2.75) is 63.4 Å². The zero-order chi connectivity index (χ0) is 44.5. The zero-order valence-electron chi connectivity index (χ0n) is 30.7. The number of aliphatic hydroxyl groups excluding tert-OH is 2. The number of nitrogens with zero attached hydrogens (tertiary/aromatic N) is 4. The van der Waals surface area contributed by atoms with Crippen LogP contribution in [0.4, 0.5) is 10.6 Å². The van der Waals surface area contributed by atoms with Gasteiger partial charge in [0.2, 0.25) is 16.9 Å². The van der Waals surface area contributed by atoms with E-state index < -0.39 is 114 Å². The van der Waals surface area contributed by atoms with Gasteiger partial charge in [-0.3, -0.25) is 37.3 Å². The van der Waals surface area contributed by atoms with Gasteiger partial charge in [0.1, 0.15) is 42.3 Å². The van der Waals surface area contributed by atoms with Gasteiger partial charge < -0.3 is 67.0 Å². The van der Waals surface area contributed by atoms with Crippen molar-refractivity contribution in [2.24, 2.45) is 11.1 Å². The first-order chi connectivity index (χ1) is 27.2. The van der Waals surface area contributed by atoms with Gasteiger partial charge in [0, 0.05) is 30.7 Å². The molecule has 29 nitrogen and oxygen atoms in total. The molecule has 2 aromatic heterocycles. The maximum Gasteiger partial charge on any atom is 0.481 e. The molecule has 59 heavy (non-hydrogen) atoms. The van der Waals surface area contributed by atoms with E-state index in [0.29, 0.717) is 11.8 Å². The second kappa shape index (κ2) is 20.7. The monoisotopic (exact) mass is 925 g/mol. The summed E-state index contributed by atoms with van der Waals surface area (Å²) in [5.41, 5.74) is 9.08. The number of ether oxygens (including phenoxy) is 1. The number of amides is 4. The summed E-state index contributed by atoms with van der Waals surface area (Å²) < 4.78 is 62.0. The smallest absolute Gasteiger partial charge is 0.481 e. The number of carboxylic acids is 1. The number of rotatable bonds is 23. The van der Waals surface area contributed by atoms with Crippen LogP contribution in [0.15, 0.2) is 12.7 Å². The van der Waals surface area contributed by atoms with Gasteiger partial charge >= 0.3 is 35.5 Å². The van der Waals surface area contributed by atoms with E-state index in [0.717, 1.165) is 17.2 Å². The van der Waals surface area contributed by atoms with Crippen molar-refractivity contribution in [3.8, 4) is 0 Å². The highest BCUT2D eigenvalue weighted by Crippen LogP contribution is 2.61. The summed E-state index contributed by atoms with van der Waals surface area (Å²) >= 11 is 0.629. The Bertz CT molecular complexity index is 1990. The quantitative estimate of drug-likeness (QED) is 0.0395. The maximum atomic E-state index is 12.7. The first kappa shape index (κ1) is 49.7. The number of hydrogen-bond acceptors (Lipinski definition) is 20. The number of imidazole rings is 1. The molecular formula is C26H42N9O20P3S. The van der Waals surface area contributed by atoms with Crippen LogP contribution in [-0.4, -0.2) is 146 Å². The number of nitrogen functional groups attached to an aromatic ring is 1. The Morgan fingerprint density at radius 1 is 1.03 bits per heavy atom. The molecule has 1 saturated heterocycles. The average Bonchev–Trinajstić information content (AvgIpc) is 3.67. The number of fused-ring (bicyclic) bond motifs is 1. The lowest BCUT2D eigenvalue weighted by Crippen LogP contribution is -2.46. The molecule has 0 bridgehead atoms. The number of carboxylic acid groups (broad SMARTS) is 1. The standard InChI is InChI=1S/C26H42N9O20P3S/c1-26(2,19(40)22(41)30-4-3-14(36)29-5-6-59-24(42)12(7-15(37)38)34-25(28)43)9-52-58(49,50)55-57(47,48)51-8-13-18(54-56(44,45)46)17(39)23(53-13)35-11-33-16-20(27)31-10-32-21(16)35/h10-13,17-19,23,39-40H,3-9H2,1-2H3,(H,29,36)(H,30,41)(H,37,38)(H,47,48)(H,49,50)(H2,27,31,32)(H3,28,34,43)(H2,44,45,46). The van der Waals surface area contributed by atoms with E-state index in [4.69, 9.17) is 30.4 Å². The minimum Gasteiger partial charge on any atom is -0.481 e. The summed E-state index contributed by atoms with van der Waals surface area (Å²) in [4.78, 5) is 110. The number of urea groups is 1. The molecule has 3 heterocycles. The molecule has 1 aliphatic rings.